The van der Waals surface area contributed by atoms with Gasteiger partial charge in [-0.15, -0.1) is 10.2 Å². The fraction of sp³-hybridized carbons (Fsp3) is 0.529. The van der Waals surface area contributed by atoms with Crippen LogP contribution >= 0.6 is 0 Å². The van der Waals surface area contributed by atoms with Crippen molar-refractivity contribution in [2.24, 2.45) is 0 Å². The normalized spacial score (nSPS) is 18.7. The van der Waals surface area contributed by atoms with Gasteiger partial charge in [-0.1, -0.05) is 12.1 Å². The van der Waals surface area contributed by atoms with E-state index >= 15 is 0 Å². The SMILES string of the molecule is CC(C)n1cnnc1C1CCCN(c2ccccc2S(=O)(=O)C(F)F)C1. The number of anilines is 1. The zero-order valence-electron chi connectivity index (χ0n) is 14.7. The van der Waals surface area contributed by atoms with Crippen LogP contribution in [0.5, 0.6) is 0 Å². The van der Waals surface area contributed by atoms with Gasteiger partial charge in [0.15, 0.2) is 0 Å². The molecule has 1 saturated heterocycles. The van der Waals surface area contributed by atoms with E-state index in [1.54, 1.807) is 18.5 Å². The second-order valence-electron chi connectivity index (χ2n) is 6.75. The topological polar surface area (TPSA) is 68.1 Å². The molecule has 0 amide bonds. The molecule has 1 fully saturated rings. The molecule has 1 unspecified atom stereocenters. The molecule has 0 spiro atoms. The van der Waals surface area contributed by atoms with Crippen molar-refractivity contribution in [1.29, 1.82) is 0 Å². The lowest BCUT2D eigenvalue weighted by atomic mass is 9.96. The summed E-state index contributed by atoms with van der Waals surface area (Å²) in [5, 5.41) is 8.23. The number of alkyl halides is 2. The van der Waals surface area contributed by atoms with Gasteiger partial charge in [-0.3, -0.25) is 0 Å². The maximum atomic E-state index is 13.1. The van der Waals surface area contributed by atoms with Crippen LogP contribution in [0.15, 0.2) is 35.5 Å². The average molecular weight is 384 g/mol. The molecule has 1 aliphatic rings. The van der Waals surface area contributed by atoms with Crippen LogP contribution in [-0.2, 0) is 9.84 Å². The van der Waals surface area contributed by atoms with Crippen molar-refractivity contribution in [3.05, 3.63) is 36.4 Å². The van der Waals surface area contributed by atoms with Gasteiger partial charge in [0, 0.05) is 25.0 Å². The molecular weight excluding hydrogens is 362 g/mol. The lowest BCUT2D eigenvalue weighted by Crippen LogP contribution is -2.36. The summed E-state index contributed by atoms with van der Waals surface area (Å²) in [4.78, 5) is 1.55. The molecule has 26 heavy (non-hydrogen) atoms. The van der Waals surface area contributed by atoms with Crippen molar-refractivity contribution in [3.63, 3.8) is 0 Å². The molecule has 1 aromatic carbocycles. The summed E-state index contributed by atoms with van der Waals surface area (Å²) in [7, 11) is -4.66. The molecule has 1 atom stereocenters. The van der Waals surface area contributed by atoms with E-state index in [9.17, 15) is 17.2 Å². The first-order valence-electron chi connectivity index (χ1n) is 8.57. The van der Waals surface area contributed by atoms with Gasteiger partial charge in [0.2, 0.25) is 9.84 Å². The summed E-state index contributed by atoms with van der Waals surface area (Å²) in [6.45, 7) is 5.21. The summed E-state index contributed by atoms with van der Waals surface area (Å²) in [5.74, 6) is -2.52. The van der Waals surface area contributed by atoms with Gasteiger partial charge >= 0.3 is 5.76 Å². The van der Waals surface area contributed by atoms with E-state index in [0.29, 0.717) is 18.8 Å². The minimum Gasteiger partial charge on any atom is -0.370 e. The molecular formula is C17H22F2N4O2S. The molecule has 0 saturated carbocycles. The molecule has 142 valence electrons. The highest BCUT2D eigenvalue weighted by molar-refractivity contribution is 7.91. The minimum atomic E-state index is -4.66. The Hall–Kier alpha value is -2.03. The molecule has 2 heterocycles. The quantitative estimate of drug-likeness (QED) is 0.792. The van der Waals surface area contributed by atoms with Gasteiger partial charge in [0.1, 0.15) is 12.2 Å². The van der Waals surface area contributed by atoms with Gasteiger partial charge in [-0.05, 0) is 38.8 Å². The Labute approximate surface area is 151 Å². The third-order valence-corrected chi connectivity index (χ3v) is 6.12. The van der Waals surface area contributed by atoms with E-state index in [1.807, 2.05) is 23.3 Å². The van der Waals surface area contributed by atoms with Gasteiger partial charge < -0.3 is 9.47 Å². The lowest BCUT2D eigenvalue weighted by molar-refractivity contribution is 0.234. The molecule has 0 bridgehead atoms. The van der Waals surface area contributed by atoms with Crippen LogP contribution in [0, 0.1) is 0 Å². The molecule has 1 aromatic heterocycles. The average Bonchev–Trinajstić information content (AvgIpc) is 3.12. The van der Waals surface area contributed by atoms with E-state index in [0.717, 1.165) is 18.7 Å². The number of halogens is 2. The Kier molecular flexibility index (Phi) is 5.27. The molecule has 9 heteroatoms. The van der Waals surface area contributed by atoms with Crippen molar-refractivity contribution >= 4 is 15.5 Å². The highest BCUT2D eigenvalue weighted by Gasteiger charge is 2.33. The summed E-state index contributed by atoms with van der Waals surface area (Å²) < 4.78 is 52.2. The highest BCUT2D eigenvalue weighted by Crippen LogP contribution is 2.34. The number of hydrogen-bond donors (Lipinski definition) is 0. The van der Waals surface area contributed by atoms with Gasteiger partial charge in [0.25, 0.3) is 0 Å². The summed E-state index contributed by atoms with van der Waals surface area (Å²) in [6, 6.07) is 6.18. The number of piperidine rings is 1. The fourth-order valence-electron chi connectivity index (χ4n) is 3.40. The second-order valence-corrected chi connectivity index (χ2v) is 8.63. The van der Waals surface area contributed by atoms with Crippen LogP contribution < -0.4 is 4.90 Å². The maximum absolute atomic E-state index is 13.1. The first-order chi connectivity index (χ1) is 12.3. The minimum absolute atomic E-state index is 0.0657. The first kappa shape index (κ1) is 18.8. The van der Waals surface area contributed by atoms with Gasteiger partial charge in [0.05, 0.1) is 10.6 Å². The van der Waals surface area contributed by atoms with E-state index < -0.39 is 15.6 Å². The molecule has 3 rings (SSSR count). The molecule has 0 radical (unpaired) electrons. The summed E-state index contributed by atoms with van der Waals surface area (Å²) in [6.07, 6.45) is 3.40. The number of rotatable bonds is 5. The van der Waals surface area contributed by atoms with Gasteiger partial charge in [-0.2, -0.15) is 8.78 Å². The number of para-hydroxylation sites is 1. The van der Waals surface area contributed by atoms with Crippen LogP contribution in [0.1, 0.15) is 44.5 Å². The number of hydrogen-bond acceptors (Lipinski definition) is 5. The zero-order chi connectivity index (χ0) is 18.9. The standard InChI is InChI=1S/C17H22F2N4O2S/c1-12(2)23-11-20-21-16(23)13-6-5-9-22(10-13)14-7-3-4-8-15(14)26(24,25)17(18)19/h3-4,7-8,11-13,17H,5-6,9-10H2,1-2H3. The Morgan fingerprint density at radius 3 is 2.65 bits per heavy atom. The van der Waals surface area contributed by atoms with Crippen LogP contribution in [-0.4, -0.2) is 42.0 Å². The Bertz CT molecular complexity index is 867. The number of aromatic nitrogens is 3. The zero-order valence-corrected chi connectivity index (χ0v) is 15.5. The number of sulfone groups is 1. The van der Waals surface area contributed by atoms with Crippen molar-refractivity contribution in [3.8, 4) is 0 Å². The van der Waals surface area contributed by atoms with Crippen LogP contribution in [0.4, 0.5) is 14.5 Å². The monoisotopic (exact) mass is 384 g/mol. The van der Waals surface area contributed by atoms with Crippen LogP contribution in [0.25, 0.3) is 0 Å². The summed E-state index contributed by atoms with van der Waals surface area (Å²) in [5.41, 5.74) is 0.327. The summed E-state index contributed by atoms with van der Waals surface area (Å²) >= 11 is 0. The fourth-order valence-corrected chi connectivity index (χ4v) is 4.35. The first-order valence-corrected chi connectivity index (χ1v) is 10.1. The van der Waals surface area contributed by atoms with Crippen molar-refractivity contribution in [1.82, 2.24) is 14.8 Å². The molecule has 0 aliphatic carbocycles. The lowest BCUT2D eigenvalue weighted by Gasteiger charge is -2.35. The van der Waals surface area contributed by atoms with E-state index in [4.69, 9.17) is 0 Å². The predicted octanol–water partition coefficient (Wildman–Crippen LogP) is 3.24. The predicted molar refractivity (Wildman–Crippen MR) is 94.2 cm³/mol. The van der Waals surface area contributed by atoms with Crippen LogP contribution in [0.2, 0.25) is 0 Å². The number of benzene rings is 1. The van der Waals surface area contributed by atoms with Crippen LogP contribution in [0.3, 0.4) is 0 Å². The Balaban J connectivity index is 1.93. The second kappa shape index (κ2) is 7.30. The molecule has 2 aromatic rings. The molecule has 6 nitrogen and oxygen atoms in total. The Morgan fingerprint density at radius 1 is 1.23 bits per heavy atom. The smallest absolute Gasteiger partial charge is 0.341 e. The molecule has 1 aliphatic heterocycles. The van der Waals surface area contributed by atoms with E-state index in [1.165, 1.54) is 12.1 Å². The third kappa shape index (κ3) is 3.44. The largest absolute Gasteiger partial charge is 0.370 e. The highest BCUT2D eigenvalue weighted by atomic mass is 32.2. The number of nitrogens with zero attached hydrogens (tertiary/aromatic N) is 4. The van der Waals surface area contributed by atoms with E-state index in [2.05, 4.69) is 10.2 Å². The van der Waals surface area contributed by atoms with Crippen molar-refractivity contribution in [2.45, 2.75) is 49.3 Å². The van der Waals surface area contributed by atoms with E-state index in [-0.39, 0.29) is 16.9 Å². The Morgan fingerprint density at radius 2 is 1.96 bits per heavy atom. The molecule has 0 N–H and O–H groups in total. The van der Waals surface area contributed by atoms with Crippen molar-refractivity contribution < 1.29 is 17.2 Å². The maximum Gasteiger partial charge on any atom is 0.341 e. The van der Waals surface area contributed by atoms with Gasteiger partial charge in [-0.25, -0.2) is 8.42 Å². The third-order valence-electron chi connectivity index (χ3n) is 4.69. The van der Waals surface area contributed by atoms with Crippen molar-refractivity contribution in [2.75, 3.05) is 18.0 Å².